The van der Waals surface area contributed by atoms with Crippen LogP contribution in [0.4, 0.5) is 4.79 Å². The zero-order chi connectivity index (χ0) is 15.8. The van der Waals surface area contributed by atoms with Crippen LogP contribution in [0.2, 0.25) is 0 Å². The second-order valence-electron chi connectivity index (χ2n) is 5.66. The number of alkyl carbamates (subject to hydrolysis) is 1. The lowest BCUT2D eigenvalue weighted by Crippen LogP contribution is -2.37. The third-order valence-corrected chi connectivity index (χ3v) is 4.00. The van der Waals surface area contributed by atoms with Crippen molar-refractivity contribution in [2.24, 2.45) is 5.92 Å². The van der Waals surface area contributed by atoms with Gasteiger partial charge in [-0.15, -0.1) is 11.3 Å². The Morgan fingerprint density at radius 1 is 1.32 bits per heavy atom. The van der Waals surface area contributed by atoms with Crippen molar-refractivity contribution in [3.63, 3.8) is 0 Å². The molecule has 118 valence electrons. The van der Waals surface area contributed by atoms with Crippen LogP contribution in [0.15, 0.2) is 41.9 Å². The summed E-state index contributed by atoms with van der Waals surface area (Å²) in [5, 5.41) is 5.95. The summed E-state index contributed by atoms with van der Waals surface area (Å²) in [4.78, 5) is 16.3. The first kappa shape index (κ1) is 16.5. The topological polar surface area (TPSA) is 51.2 Å². The van der Waals surface area contributed by atoms with Crippen LogP contribution in [0.1, 0.15) is 30.8 Å². The maximum absolute atomic E-state index is 12.0. The highest BCUT2D eigenvalue weighted by Gasteiger charge is 2.16. The summed E-state index contributed by atoms with van der Waals surface area (Å²) < 4.78 is 5.29. The molecule has 22 heavy (non-hydrogen) atoms. The van der Waals surface area contributed by atoms with Crippen molar-refractivity contribution in [2.75, 3.05) is 0 Å². The maximum atomic E-state index is 12.0. The van der Waals surface area contributed by atoms with Crippen molar-refractivity contribution in [3.05, 3.63) is 52.5 Å². The second-order valence-corrected chi connectivity index (χ2v) is 6.64. The van der Waals surface area contributed by atoms with Crippen molar-refractivity contribution in [3.8, 4) is 0 Å². The van der Waals surface area contributed by atoms with Crippen molar-refractivity contribution in [1.29, 1.82) is 0 Å². The molecule has 1 heterocycles. The van der Waals surface area contributed by atoms with Gasteiger partial charge in [-0.2, -0.15) is 0 Å². The van der Waals surface area contributed by atoms with E-state index in [4.69, 9.17) is 4.74 Å². The van der Waals surface area contributed by atoms with Crippen LogP contribution in [0.3, 0.4) is 0 Å². The number of rotatable bonds is 7. The zero-order valence-corrected chi connectivity index (χ0v) is 13.8. The molecule has 1 amide bonds. The van der Waals surface area contributed by atoms with E-state index in [0.29, 0.717) is 12.5 Å². The van der Waals surface area contributed by atoms with E-state index < -0.39 is 0 Å². The molecule has 0 saturated carbocycles. The van der Waals surface area contributed by atoms with E-state index in [1.807, 2.05) is 35.7 Å². The Morgan fingerprint density at radius 3 is 2.73 bits per heavy atom. The summed E-state index contributed by atoms with van der Waals surface area (Å²) in [6.45, 7) is 4.58. The number of nitrogens with one attached hydrogen (secondary N) is 1. The molecule has 1 N–H and O–H groups in total. The predicted octanol–water partition coefficient (Wildman–Crippen LogP) is 4.03. The lowest BCUT2D eigenvalue weighted by atomic mass is 10.0. The molecule has 0 unspecified atom stereocenters. The summed E-state index contributed by atoms with van der Waals surface area (Å²) in [6, 6.07) is 9.73. The van der Waals surface area contributed by atoms with Gasteiger partial charge in [0, 0.05) is 24.0 Å². The van der Waals surface area contributed by atoms with Crippen LogP contribution in [0.5, 0.6) is 0 Å². The number of nitrogens with zero attached hydrogens (tertiary/aromatic N) is 1. The van der Waals surface area contributed by atoms with Crippen LogP contribution in [0, 0.1) is 5.92 Å². The Bertz CT molecular complexity index is 555. The van der Waals surface area contributed by atoms with Gasteiger partial charge in [-0.3, -0.25) is 0 Å². The molecule has 2 rings (SSSR count). The van der Waals surface area contributed by atoms with Gasteiger partial charge >= 0.3 is 6.09 Å². The van der Waals surface area contributed by atoms with Crippen molar-refractivity contribution >= 4 is 17.4 Å². The number of thiazole rings is 1. The standard InChI is InChI=1S/C17H22N2O2S/c1-13(2)10-15(11-16-18-8-9-22-16)19-17(20)21-12-14-6-4-3-5-7-14/h3-9,13,15H,10-12H2,1-2H3,(H,19,20)/t15-/m0/s1. The van der Waals surface area contributed by atoms with Crippen LogP contribution < -0.4 is 5.32 Å². The van der Waals surface area contributed by atoms with Crippen LogP contribution in [-0.2, 0) is 17.8 Å². The second kappa shape index (κ2) is 8.54. The third kappa shape index (κ3) is 5.85. The molecule has 0 radical (unpaired) electrons. The number of amides is 1. The maximum Gasteiger partial charge on any atom is 0.407 e. The first-order chi connectivity index (χ1) is 10.6. The van der Waals surface area contributed by atoms with Crippen LogP contribution in [-0.4, -0.2) is 17.1 Å². The third-order valence-electron chi connectivity index (χ3n) is 3.20. The fourth-order valence-electron chi connectivity index (χ4n) is 2.26. The Balaban J connectivity index is 1.84. The number of carbonyl (C=O) groups is 1. The summed E-state index contributed by atoms with van der Waals surface area (Å²) in [5.41, 5.74) is 0.984. The van der Waals surface area contributed by atoms with Gasteiger partial charge in [0.25, 0.3) is 0 Å². The molecule has 0 fully saturated rings. The lowest BCUT2D eigenvalue weighted by Gasteiger charge is -2.19. The Morgan fingerprint density at radius 2 is 2.09 bits per heavy atom. The molecular weight excluding hydrogens is 296 g/mol. The Hall–Kier alpha value is -1.88. The van der Waals surface area contributed by atoms with Gasteiger partial charge in [0.2, 0.25) is 0 Å². The number of aromatic nitrogens is 1. The molecule has 0 bridgehead atoms. The highest BCUT2D eigenvalue weighted by Crippen LogP contribution is 2.13. The molecule has 0 saturated heterocycles. The van der Waals surface area contributed by atoms with Gasteiger partial charge in [-0.25, -0.2) is 9.78 Å². The highest BCUT2D eigenvalue weighted by molar-refractivity contribution is 7.09. The number of benzene rings is 1. The lowest BCUT2D eigenvalue weighted by molar-refractivity contribution is 0.134. The molecule has 0 spiro atoms. The molecule has 0 aliphatic carbocycles. The zero-order valence-electron chi connectivity index (χ0n) is 13.0. The van der Waals surface area contributed by atoms with E-state index in [1.54, 1.807) is 17.5 Å². The quantitative estimate of drug-likeness (QED) is 0.838. The van der Waals surface area contributed by atoms with Gasteiger partial charge in [-0.05, 0) is 17.9 Å². The molecule has 1 aromatic heterocycles. The van der Waals surface area contributed by atoms with E-state index in [1.165, 1.54) is 0 Å². The van der Waals surface area contributed by atoms with E-state index >= 15 is 0 Å². The molecule has 2 aromatic rings. The summed E-state index contributed by atoms with van der Waals surface area (Å²) in [5.74, 6) is 0.499. The average molecular weight is 318 g/mol. The van der Waals surface area contributed by atoms with Crippen molar-refractivity contribution in [2.45, 2.75) is 39.3 Å². The number of carbonyl (C=O) groups excluding carboxylic acids is 1. The molecule has 0 aliphatic heterocycles. The van der Waals surface area contributed by atoms with Gasteiger partial charge in [0.05, 0.1) is 5.01 Å². The molecule has 1 atom stereocenters. The van der Waals surface area contributed by atoms with E-state index in [0.717, 1.165) is 23.4 Å². The van der Waals surface area contributed by atoms with Crippen molar-refractivity contribution in [1.82, 2.24) is 10.3 Å². The van der Waals surface area contributed by atoms with Crippen LogP contribution >= 0.6 is 11.3 Å². The fraction of sp³-hybridized carbons (Fsp3) is 0.412. The number of hydrogen-bond acceptors (Lipinski definition) is 4. The highest BCUT2D eigenvalue weighted by atomic mass is 32.1. The summed E-state index contributed by atoms with van der Waals surface area (Å²) in [7, 11) is 0. The Labute approximate surface area is 135 Å². The molecule has 5 heteroatoms. The monoisotopic (exact) mass is 318 g/mol. The SMILES string of the molecule is CC(C)C[C@@H](Cc1nccs1)NC(=O)OCc1ccccc1. The van der Waals surface area contributed by atoms with E-state index in [2.05, 4.69) is 24.1 Å². The predicted molar refractivity (Wildman–Crippen MR) is 88.8 cm³/mol. The molecule has 0 aliphatic rings. The fourth-order valence-corrected chi connectivity index (χ4v) is 2.96. The number of hydrogen-bond donors (Lipinski definition) is 1. The average Bonchev–Trinajstić information content (AvgIpc) is 2.98. The largest absolute Gasteiger partial charge is 0.445 e. The van der Waals surface area contributed by atoms with Gasteiger partial charge in [0.1, 0.15) is 6.61 Å². The summed E-state index contributed by atoms with van der Waals surface area (Å²) in [6.07, 6.45) is 3.07. The van der Waals surface area contributed by atoms with Gasteiger partial charge in [-0.1, -0.05) is 44.2 Å². The summed E-state index contributed by atoms with van der Waals surface area (Å²) >= 11 is 1.61. The minimum absolute atomic E-state index is 0.0504. The minimum atomic E-state index is -0.369. The first-order valence-electron chi connectivity index (χ1n) is 7.49. The van der Waals surface area contributed by atoms with Gasteiger partial charge in [0.15, 0.2) is 0 Å². The van der Waals surface area contributed by atoms with E-state index in [-0.39, 0.29) is 12.1 Å². The van der Waals surface area contributed by atoms with Crippen LogP contribution in [0.25, 0.3) is 0 Å². The van der Waals surface area contributed by atoms with E-state index in [9.17, 15) is 4.79 Å². The minimum Gasteiger partial charge on any atom is -0.445 e. The Kier molecular flexibility index (Phi) is 6.40. The van der Waals surface area contributed by atoms with Crippen molar-refractivity contribution < 1.29 is 9.53 Å². The van der Waals surface area contributed by atoms with Gasteiger partial charge < -0.3 is 10.1 Å². The molecule has 1 aromatic carbocycles. The molecular formula is C17H22N2O2S. The molecule has 4 nitrogen and oxygen atoms in total. The smallest absolute Gasteiger partial charge is 0.407 e. The normalized spacial score (nSPS) is 12.1. The number of ether oxygens (including phenoxy) is 1. The first-order valence-corrected chi connectivity index (χ1v) is 8.37.